The number of hydrogen-bond donors (Lipinski definition) is 3. The lowest BCUT2D eigenvalue weighted by Gasteiger charge is -2.04. The van der Waals surface area contributed by atoms with E-state index >= 15 is 0 Å². The zero-order valence-electron chi connectivity index (χ0n) is 14.7. The van der Waals surface area contributed by atoms with E-state index in [4.69, 9.17) is 11.5 Å². The van der Waals surface area contributed by atoms with Crippen molar-refractivity contribution in [3.05, 3.63) is 72.3 Å². The number of aromatic amines is 1. The van der Waals surface area contributed by atoms with Gasteiger partial charge in [0.25, 0.3) is 0 Å². The Labute approximate surface area is 157 Å². The molecule has 0 amide bonds. The molecule has 0 aliphatic heterocycles. The van der Waals surface area contributed by atoms with Gasteiger partial charge in [-0.2, -0.15) is 0 Å². The summed E-state index contributed by atoms with van der Waals surface area (Å²) in [5.74, 6) is 0.505. The van der Waals surface area contributed by atoms with Crippen LogP contribution in [-0.2, 0) is 9.84 Å². The highest BCUT2D eigenvalue weighted by atomic mass is 32.2. The number of para-hydroxylation sites is 2. The third-order valence-electron chi connectivity index (χ3n) is 3.91. The number of nitrogens with two attached hydrogens (primary N) is 2. The van der Waals surface area contributed by atoms with Gasteiger partial charge in [-0.1, -0.05) is 30.8 Å². The van der Waals surface area contributed by atoms with Gasteiger partial charge in [0.2, 0.25) is 0 Å². The number of aliphatic imine (C=N–C) groups is 1. The van der Waals surface area contributed by atoms with Crippen LogP contribution in [0.2, 0.25) is 0 Å². The molecule has 0 bridgehead atoms. The van der Waals surface area contributed by atoms with Gasteiger partial charge >= 0.3 is 0 Å². The van der Waals surface area contributed by atoms with E-state index in [9.17, 15) is 8.42 Å². The maximum absolute atomic E-state index is 11.7. The minimum absolute atomic E-state index is 0.0782. The van der Waals surface area contributed by atoms with Crippen molar-refractivity contribution in [3.63, 3.8) is 0 Å². The van der Waals surface area contributed by atoms with Crippen molar-refractivity contribution in [3.8, 4) is 0 Å². The number of benzene rings is 2. The number of H-pyrrole nitrogens is 1. The number of aromatic nitrogens is 2. The largest absolute Gasteiger partial charge is 0.393 e. The van der Waals surface area contributed by atoms with E-state index in [2.05, 4.69) is 21.5 Å². The van der Waals surface area contributed by atoms with E-state index in [1.165, 1.54) is 18.3 Å². The second kappa shape index (κ2) is 7.08. The molecule has 3 rings (SSSR count). The third kappa shape index (κ3) is 4.06. The predicted molar refractivity (Wildman–Crippen MR) is 108 cm³/mol. The molecule has 1 heterocycles. The van der Waals surface area contributed by atoms with Crippen molar-refractivity contribution in [2.24, 2.45) is 16.5 Å². The van der Waals surface area contributed by atoms with Crippen LogP contribution in [-0.4, -0.2) is 30.9 Å². The Morgan fingerprint density at radius 3 is 2.63 bits per heavy atom. The molecule has 0 atom stereocenters. The molecule has 27 heavy (non-hydrogen) atoms. The normalized spacial score (nSPS) is 13.1. The van der Waals surface area contributed by atoms with Gasteiger partial charge in [-0.25, -0.2) is 18.4 Å². The van der Waals surface area contributed by atoms with Gasteiger partial charge in [0.15, 0.2) is 15.7 Å². The van der Waals surface area contributed by atoms with Crippen LogP contribution in [0.1, 0.15) is 11.4 Å². The van der Waals surface area contributed by atoms with Crippen LogP contribution in [0.4, 0.5) is 0 Å². The molecule has 5 N–H and O–H groups in total. The minimum atomic E-state index is -3.30. The van der Waals surface area contributed by atoms with Crippen molar-refractivity contribution in [1.29, 1.82) is 0 Å². The SMILES string of the molecule is C=C(/C=N\C(N)=C(/N)c1nc2ccccc2[nH]1)c1cccc(S(C)(=O)=O)c1. The molecular formula is C19H19N5O2S. The van der Waals surface area contributed by atoms with Crippen LogP contribution >= 0.6 is 0 Å². The molecule has 0 spiro atoms. The van der Waals surface area contributed by atoms with E-state index in [0.29, 0.717) is 17.0 Å². The summed E-state index contributed by atoms with van der Waals surface area (Å²) in [6, 6.07) is 14.0. The zero-order chi connectivity index (χ0) is 19.6. The predicted octanol–water partition coefficient (Wildman–Crippen LogP) is 2.29. The standard InChI is InChI=1S/C19H19N5O2S/c1-12(13-6-5-7-14(10-13)27(2,25)26)11-22-18(21)17(20)19-23-15-8-3-4-9-16(15)24-19/h3-11H,1,20-21H2,2H3,(H,23,24)/b18-17-,22-11-. The van der Waals surface area contributed by atoms with E-state index in [1.54, 1.807) is 12.1 Å². The fourth-order valence-corrected chi connectivity index (χ4v) is 3.09. The fraction of sp³-hybridized carbons (Fsp3) is 0.0526. The molecule has 8 heteroatoms. The van der Waals surface area contributed by atoms with Gasteiger partial charge in [-0.3, -0.25) is 0 Å². The quantitative estimate of drug-likeness (QED) is 0.584. The van der Waals surface area contributed by atoms with E-state index in [1.807, 2.05) is 24.3 Å². The van der Waals surface area contributed by atoms with Gasteiger partial charge in [0.05, 0.1) is 15.9 Å². The summed E-state index contributed by atoms with van der Waals surface area (Å²) in [4.78, 5) is 11.8. The van der Waals surface area contributed by atoms with Crippen LogP contribution in [0.15, 0.2) is 70.8 Å². The Hall–Kier alpha value is -3.39. The number of imidazole rings is 1. The summed E-state index contributed by atoms with van der Waals surface area (Å²) in [5.41, 5.74) is 14.9. The molecule has 3 aromatic rings. The van der Waals surface area contributed by atoms with Crippen molar-refractivity contribution >= 4 is 38.4 Å². The van der Waals surface area contributed by atoms with Crippen LogP contribution in [0.3, 0.4) is 0 Å². The number of fused-ring (bicyclic) bond motifs is 1. The number of rotatable bonds is 5. The van der Waals surface area contributed by atoms with Crippen LogP contribution in [0.25, 0.3) is 22.3 Å². The highest BCUT2D eigenvalue weighted by Crippen LogP contribution is 2.18. The first-order valence-corrected chi connectivity index (χ1v) is 9.88. The van der Waals surface area contributed by atoms with Crippen molar-refractivity contribution < 1.29 is 8.42 Å². The van der Waals surface area contributed by atoms with Gasteiger partial charge < -0.3 is 16.5 Å². The second-order valence-electron chi connectivity index (χ2n) is 5.98. The number of hydrogen-bond acceptors (Lipinski definition) is 6. The van der Waals surface area contributed by atoms with Gasteiger partial charge in [-0.15, -0.1) is 0 Å². The Morgan fingerprint density at radius 1 is 1.19 bits per heavy atom. The molecule has 0 radical (unpaired) electrons. The van der Waals surface area contributed by atoms with Crippen molar-refractivity contribution in [2.45, 2.75) is 4.90 Å². The lowest BCUT2D eigenvalue weighted by molar-refractivity contribution is 0.602. The minimum Gasteiger partial charge on any atom is -0.393 e. The third-order valence-corrected chi connectivity index (χ3v) is 5.02. The van der Waals surface area contributed by atoms with Gasteiger partial charge in [0, 0.05) is 12.5 Å². The zero-order valence-corrected chi connectivity index (χ0v) is 15.5. The smallest absolute Gasteiger partial charge is 0.175 e. The monoisotopic (exact) mass is 381 g/mol. The molecule has 0 unspecified atom stereocenters. The molecule has 1 aromatic heterocycles. The van der Waals surface area contributed by atoms with Crippen LogP contribution in [0.5, 0.6) is 0 Å². The number of sulfone groups is 1. The first-order chi connectivity index (χ1) is 12.8. The topological polar surface area (TPSA) is 127 Å². The summed E-state index contributed by atoms with van der Waals surface area (Å²) >= 11 is 0. The summed E-state index contributed by atoms with van der Waals surface area (Å²) < 4.78 is 23.4. The van der Waals surface area contributed by atoms with Crippen molar-refractivity contribution in [2.75, 3.05) is 6.26 Å². The molecule has 2 aromatic carbocycles. The second-order valence-corrected chi connectivity index (χ2v) is 8.00. The van der Waals surface area contributed by atoms with Gasteiger partial charge in [0.1, 0.15) is 11.5 Å². The van der Waals surface area contributed by atoms with Gasteiger partial charge in [-0.05, 0) is 35.4 Å². The van der Waals surface area contributed by atoms with E-state index in [0.717, 1.165) is 17.3 Å². The molecule has 0 fully saturated rings. The molecular weight excluding hydrogens is 362 g/mol. The lowest BCUT2D eigenvalue weighted by atomic mass is 10.1. The molecule has 0 saturated heterocycles. The average Bonchev–Trinajstić information content (AvgIpc) is 3.08. The molecule has 0 saturated carbocycles. The summed E-state index contributed by atoms with van der Waals surface area (Å²) in [6.45, 7) is 3.90. The molecule has 0 aliphatic rings. The van der Waals surface area contributed by atoms with E-state index < -0.39 is 9.84 Å². The Morgan fingerprint density at radius 2 is 1.93 bits per heavy atom. The Bertz CT molecular complexity index is 1160. The fourth-order valence-electron chi connectivity index (χ4n) is 2.42. The maximum Gasteiger partial charge on any atom is 0.175 e. The van der Waals surface area contributed by atoms with Crippen LogP contribution < -0.4 is 11.5 Å². The number of nitrogens with one attached hydrogen (secondary N) is 1. The first kappa shape index (κ1) is 18.4. The number of nitrogens with zero attached hydrogens (tertiary/aromatic N) is 2. The van der Waals surface area contributed by atoms with Crippen LogP contribution in [0, 0.1) is 0 Å². The van der Waals surface area contributed by atoms with E-state index in [-0.39, 0.29) is 16.4 Å². The molecule has 7 nitrogen and oxygen atoms in total. The maximum atomic E-state index is 11.7. The summed E-state index contributed by atoms with van der Waals surface area (Å²) in [5, 5.41) is 0. The average molecular weight is 381 g/mol. The Balaban J connectivity index is 1.86. The Kier molecular flexibility index (Phi) is 4.83. The highest BCUT2D eigenvalue weighted by molar-refractivity contribution is 7.90. The van der Waals surface area contributed by atoms with Crippen molar-refractivity contribution in [1.82, 2.24) is 9.97 Å². The summed E-state index contributed by atoms with van der Waals surface area (Å²) in [6.07, 6.45) is 2.59. The molecule has 138 valence electrons. The molecule has 0 aliphatic carbocycles. The highest BCUT2D eigenvalue weighted by Gasteiger charge is 2.09. The first-order valence-electron chi connectivity index (χ1n) is 7.99. The lowest BCUT2D eigenvalue weighted by Crippen LogP contribution is -2.08. The summed E-state index contributed by atoms with van der Waals surface area (Å²) in [7, 11) is -3.30. The number of allylic oxidation sites excluding steroid dienone is 1.